The van der Waals surface area contributed by atoms with E-state index >= 15 is 0 Å². The van der Waals surface area contributed by atoms with E-state index in [1.807, 2.05) is 30.3 Å². The third-order valence-electron chi connectivity index (χ3n) is 2.33. The summed E-state index contributed by atoms with van der Waals surface area (Å²) in [5.74, 6) is 0. The SMILES string of the molecule is CCCCCCC(Cl)(Cl)Sc1ccccc1. The molecule has 0 radical (unpaired) electrons. The van der Waals surface area contributed by atoms with Gasteiger partial charge in [-0.2, -0.15) is 0 Å². The van der Waals surface area contributed by atoms with E-state index in [1.54, 1.807) is 0 Å². The molecule has 0 spiro atoms. The predicted molar refractivity (Wildman–Crippen MR) is 75.5 cm³/mol. The van der Waals surface area contributed by atoms with Gasteiger partial charge < -0.3 is 0 Å². The highest BCUT2D eigenvalue weighted by Gasteiger charge is 2.24. The Morgan fingerprint density at radius 1 is 1.06 bits per heavy atom. The van der Waals surface area contributed by atoms with Crippen LogP contribution in [-0.2, 0) is 0 Å². The van der Waals surface area contributed by atoms with Crippen LogP contribution in [0, 0.1) is 0 Å². The highest BCUT2D eigenvalue weighted by atomic mass is 35.5. The van der Waals surface area contributed by atoms with Gasteiger partial charge in [-0.3, -0.25) is 0 Å². The molecule has 0 amide bonds. The van der Waals surface area contributed by atoms with Crippen molar-refractivity contribution in [2.24, 2.45) is 0 Å². The highest BCUT2D eigenvalue weighted by Crippen LogP contribution is 2.43. The van der Waals surface area contributed by atoms with Crippen LogP contribution in [0.15, 0.2) is 35.2 Å². The van der Waals surface area contributed by atoms with E-state index in [4.69, 9.17) is 23.2 Å². The van der Waals surface area contributed by atoms with Gasteiger partial charge >= 0.3 is 0 Å². The minimum absolute atomic E-state index is 0.685. The molecule has 0 unspecified atom stereocenters. The predicted octanol–water partition coefficient (Wildman–Crippen LogP) is 5.88. The van der Waals surface area contributed by atoms with Gasteiger partial charge in [-0.1, -0.05) is 79.3 Å². The van der Waals surface area contributed by atoms with Crippen LogP contribution in [0.4, 0.5) is 0 Å². The van der Waals surface area contributed by atoms with E-state index < -0.39 is 3.67 Å². The molecule has 1 rings (SSSR count). The Balaban J connectivity index is 2.33. The van der Waals surface area contributed by atoms with Crippen molar-refractivity contribution in [3.63, 3.8) is 0 Å². The maximum atomic E-state index is 6.28. The molecule has 0 aliphatic rings. The maximum Gasteiger partial charge on any atom is 0.167 e. The van der Waals surface area contributed by atoms with Crippen LogP contribution < -0.4 is 0 Å². The Labute approximate surface area is 113 Å². The van der Waals surface area contributed by atoms with Crippen molar-refractivity contribution < 1.29 is 0 Å². The molecule has 1 aromatic carbocycles. The van der Waals surface area contributed by atoms with Crippen molar-refractivity contribution in [2.75, 3.05) is 0 Å². The zero-order valence-electron chi connectivity index (χ0n) is 9.59. The standard InChI is InChI=1S/C13H18Cl2S/c1-2-3-4-8-11-13(14,15)16-12-9-6-5-7-10-12/h5-7,9-10H,2-4,8,11H2,1H3. The van der Waals surface area contributed by atoms with E-state index in [9.17, 15) is 0 Å². The minimum Gasteiger partial charge on any atom is -0.0891 e. The van der Waals surface area contributed by atoms with E-state index in [-0.39, 0.29) is 0 Å². The van der Waals surface area contributed by atoms with Crippen molar-refractivity contribution in [3.8, 4) is 0 Å². The maximum absolute atomic E-state index is 6.28. The van der Waals surface area contributed by atoms with Crippen LogP contribution >= 0.6 is 35.0 Å². The molecule has 0 aromatic heterocycles. The topological polar surface area (TPSA) is 0 Å². The molecule has 0 fully saturated rings. The number of hydrogen-bond acceptors (Lipinski definition) is 1. The zero-order valence-corrected chi connectivity index (χ0v) is 11.9. The van der Waals surface area contributed by atoms with E-state index in [2.05, 4.69) is 6.92 Å². The summed E-state index contributed by atoms with van der Waals surface area (Å²) < 4.78 is -0.685. The van der Waals surface area contributed by atoms with Gasteiger partial charge in [0.2, 0.25) is 0 Å². The van der Waals surface area contributed by atoms with Crippen LogP contribution in [0.5, 0.6) is 0 Å². The molecule has 3 heteroatoms. The second-order valence-electron chi connectivity index (χ2n) is 3.86. The molecule has 0 nitrogen and oxygen atoms in total. The van der Waals surface area contributed by atoms with E-state index in [0.29, 0.717) is 0 Å². The summed E-state index contributed by atoms with van der Waals surface area (Å²) in [5, 5.41) is 0. The third-order valence-corrected chi connectivity index (χ3v) is 4.18. The first-order valence-corrected chi connectivity index (χ1v) is 7.33. The number of hydrogen-bond donors (Lipinski definition) is 0. The molecular weight excluding hydrogens is 259 g/mol. The fourth-order valence-corrected chi connectivity index (χ4v) is 3.16. The number of thioether (sulfide) groups is 1. The summed E-state index contributed by atoms with van der Waals surface area (Å²) in [7, 11) is 0. The Bertz CT molecular complexity index is 285. The minimum atomic E-state index is -0.685. The van der Waals surface area contributed by atoms with Gasteiger partial charge in [0.25, 0.3) is 0 Å². The number of rotatable bonds is 7. The van der Waals surface area contributed by atoms with Gasteiger partial charge in [0, 0.05) is 4.90 Å². The fraction of sp³-hybridized carbons (Fsp3) is 0.538. The molecule has 90 valence electrons. The Hall–Kier alpha value is 0.150. The van der Waals surface area contributed by atoms with Crippen molar-refractivity contribution in [1.82, 2.24) is 0 Å². The normalized spacial score (nSPS) is 11.7. The van der Waals surface area contributed by atoms with Gasteiger partial charge in [0.15, 0.2) is 3.67 Å². The molecule has 1 aromatic rings. The summed E-state index contributed by atoms with van der Waals surface area (Å²) in [6.07, 6.45) is 5.66. The summed E-state index contributed by atoms with van der Waals surface area (Å²) in [4.78, 5) is 1.13. The molecule has 0 saturated heterocycles. The van der Waals surface area contributed by atoms with Crippen LogP contribution in [0.3, 0.4) is 0 Å². The van der Waals surface area contributed by atoms with Crippen molar-refractivity contribution in [3.05, 3.63) is 30.3 Å². The monoisotopic (exact) mass is 276 g/mol. The quantitative estimate of drug-likeness (QED) is 0.340. The summed E-state index contributed by atoms with van der Waals surface area (Å²) in [6, 6.07) is 10.1. The van der Waals surface area contributed by atoms with E-state index in [0.717, 1.165) is 17.7 Å². The summed E-state index contributed by atoms with van der Waals surface area (Å²) >= 11 is 14.1. The molecule has 0 saturated carbocycles. The lowest BCUT2D eigenvalue weighted by atomic mass is 10.2. The van der Waals surface area contributed by atoms with Crippen LogP contribution in [-0.4, -0.2) is 3.67 Å². The van der Waals surface area contributed by atoms with Gasteiger partial charge in [0.1, 0.15) is 0 Å². The molecule has 0 heterocycles. The highest BCUT2D eigenvalue weighted by molar-refractivity contribution is 8.03. The van der Waals surface area contributed by atoms with Gasteiger partial charge in [-0.25, -0.2) is 0 Å². The first kappa shape index (κ1) is 14.2. The first-order valence-electron chi connectivity index (χ1n) is 5.76. The van der Waals surface area contributed by atoms with Gasteiger partial charge in [-0.05, 0) is 25.0 Å². The Morgan fingerprint density at radius 2 is 1.75 bits per heavy atom. The van der Waals surface area contributed by atoms with Crippen molar-refractivity contribution >= 4 is 35.0 Å². The lowest BCUT2D eigenvalue weighted by Crippen LogP contribution is -2.06. The van der Waals surface area contributed by atoms with E-state index in [1.165, 1.54) is 31.0 Å². The van der Waals surface area contributed by atoms with Crippen LogP contribution in [0.25, 0.3) is 0 Å². The lowest BCUT2D eigenvalue weighted by molar-refractivity contribution is 0.641. The Kier molecular flexibility index (Phi) is 6.64. The molecule has 0 bridgehead atoms. The van der Waals surface area contributed by atoms with Crippen molar-refractivity contribution in [1.29, 1.82) is 0 Å². The second-order valence-corrected chi connectivity index (χ2v) is 7.17. The number of halogens is 2. The molecule has 0 N–H and O–H groups in total. The number of unbranched alkanes of at least 4 members (excludes halogenated alkanes) is 3. The van der Waals surface area contributed by atoms with Gasteiger partial charge in [0.05, 0.1) is 0 Å². The molecule has 0 aliphatic carbocycles. The summed E-state index contributed by atoms with van der Waals surface area (Å²) in [6.45, 7) is 2.20. The molecule has 16 heavy (non-hydrogen) atoms. The Morgan fingerprint density at radius 3 is 2.38 bits per heavy atom. The largest absolute Gasteiger partial charge is 0.167 e. The second kappa shape index (κ2) is 7.47. The van der Waals surface area contributed by atoms with Crippen LogP contribution in [0.2, 0.25) is 0 Å². The fourth-order valence-electron chi connectivity index (χ4n) is 1.47. The van der Waals surface area contributed by atoms with Gasteiger partial charge in [-0.15, -0.1) is 0 Å². The molecular formula is C13H18Cl2S. The summed E-state index contributed by atoms with van der Waals surface area (Å²) in [5.41, 5.74) is 0. The number of alkyl halides is 2. The van der Waals surface area contributed by atoms with Crippen molar-refractivity contribution in [2.45, 2.75) is 47.6 Å². The zero-order chi connectivity index (χ0) is 11.9. The van der Waals surface area contributed by atoms with Crippen LogP contribution in [0.1, 0.15) is 39.0 Å². The smallest absolute Gasteiger partial charge is 0.0891 e. The molecule has 0 atom stereocenters. The third kappa shape index (κ3) is 6.03. The first-order chi connectivity index (χ1) is 7.64. The average molecular weight is 277 g/mol. The number of benzene rings is 1. The lowest BCUT2D eigenvalue weighted by Gasteiger charge is -2.18. The average Bonchev–Trinajstić information content (AvgIpc) is 2.25. The molecule has 0 aliphatic heterocycles.